The molecule has 3 atom stereocenters. The molecule has 1 saturated heterocycles. The van der Waals surface area contributed by atoms with E-state index in [4.69, 9.17) is 4.74 Å². The summed E-state index contributed by atoms with van der Waals surface area (Å²) in [5.74, 6) is 1.22. The van der Waals surface area contributed by atoms with E-state index in [0.717, 1.165) is 38.1 Å². The van der Waals surface area contributed by atoms with Gasteiger partial charge in [0, 0.05) is 35.3 Å². The van der Waals surface area contributed by atoms with Gasteiger partial charge in [0.2, 0.25) is 5.91 Å². The van der Waals surface area contributed by atoms with Crippen LogP contribution in [-0.2, 0) is 17.6 Å². The van der Waals surface area contributed by atoms with Crippen LogP contribution in [0.15, 0.2) is 24.7 Å². The lowest BCUT2D eigenvalue weighted by Gasteiger charge is -2.26. The predicted molar refractivity (Wildman–Crippen MR) is 127 cm³/mol. The Morgan fingerprint density at radius 1 is 1.26 bits per heavy atom. The quantitative estimate of drug-likeness (QED) is 0.348. The van der Waals surface area contributed by atoms with Crippen LogP contribution in [0.4, 0.5) is 11.5 Å². The number of rotatable bonds is 4. The van der Waals surface area contributed by atoms with Gasteiger partial charge < -0.3 is 25.2 Å². The van der Waals surface area contributed by atoms with Gasteiger partial charge in [-0.1, -0.05) is 0 Å². The summed E-state index contributed by atoms with van der Waals surface area (Å²) in [7, 11) is 1.63. The highest BCUT2D eigenvalue weighted by atomic mass is 32.1. The van der Waals surface area contributed by atoms with Crippen molar-refractivity contribution in [2.24, 2.45) is 5.92 Å². The molecule has 4 heterocycles. The maximum Gasteiger partial charge on any atom is 0.226 e. The predicted octanol–water partition coefficient (Wildman–Crippen LogP) is 1.99. The van der Waals surface area contributed by atoms with E-state index >= 15 is 0 Å². The summed E-state index contributed by atoms with van der Waals surface area (Å²) in [4.78, 5) is 25.7. The van der Waals surface area contributed by atoms with Crippen LogP contribution in [0.25, 0.3) is 21.1 Å². The smallest absolute Gasteiger partial charge is 0.226 e. The molecule has 1 aromatic carbocycles. The molecule has 1 aliphatic carbocycles. The van der Waals surface area contributed by atoms with E-state index < -0.39 is 12.2 Å². The highest BCUT2D eigenvalue weighted by molar-refractivity contribution is 7.19. The topological polar surface area (TPSA) is 136 Å². The van der Waals surface area contributed by atoms with E-state index in [2.05, 4.69) is 25.5 Å². The van der Waals surface area contributed by atoms with Crippen LogP contribution in [0.2, 0.25) is 0 Å². The Morgan fingerprint density at radius 2 is 2.09 bits per heavy atom. The van der Waals surface area contributed by atoms with Gasteiger partial charge >= 0.3 is 0 Å². The van der Waals surface area contributed by atoms with Crippen molar-refractivity contribution in [3.63, 3.8) is 0 Å². The summed E-state index contributed by atoms with van der Waals surface area (Å²) in [6.07, 6.45) is 3.65. The summed E-state index contributed by atoms with van der Waals surface area (Å²) in [5, 5.41) is 32.1. The molecule has 10 nitrogen and oxygen atoms in total. The Balaban J connectivity index is 1.31. The number of aryl methyl sites for hydroxylation is 1. The largest absolute Gasteiger partial charge is 0.494 e. The lowest BCUT2D eigenvalue weighted by Crippen LogP contribution is -2.37. The van der Waals surface area contributed by atoms with E-state index in [1.165, 1.54) is 5.56 Å². The number of thiophene rings is 1. The SMILES string of the molecule is COc1cc2[nH]ncc2cc1Nc1ncnc2sc3c(c12)CC[C@H](C(=O)N1C[C@@H](O)[C@H](O)C1)C3. The molecule has 1 aliphatic heterocycles. The summed E-state index contributed by atoms with van der Waals surface area (Å²) >= 11 is 1.60. The first-order valence-corrected chi connectivity index (χ1v) is 12.0. The summed E-state index contributed by atoms with van der Waals surface area (Å²) < 4.78 is 5.58. The Labute approximate surface area is 198 Å². The zero-order valence-electron chi connectivity index (χ0n) is 18.5. The number of aromatic nitrogens is 4. The number of hydrogen-bond acceptors (Lipinski definition) is 9. The van der Waals surface area contributed by atoms with Crippen LogP contribution in [0.5, 0.6) is 5.75 Å². The molecule has 176 valence electrons. The van der Waals surface area contributed by atoms with Gasteiger partial charge in [-0.05, 0) is 30.9 Å². The average molecular weight is 481 g/mol. The van der Waals surface area contributed by atoms with Crippen molar-refractivity contribution in [2.75, 3.05) is 25.5 Å². The van der Waals surface area contributed by atoms with E-state index in [1.807, 2.05) is 12.1 Å². The molecule has 0 saturated carbocycles. The van der Waals surface area contributed by atoms with Gasteiger partial charge in [-0.15, -0.1) is 11.3 Å². The molecule has 1 fully saturated rings. The first-order chi connectivity index (χ1) is 16.5. The molecule has 0 spiro atoms. The van der Waals surface area contributed by atoms with Gasteiger partial charge in [-0.2, -0.15) is 5.10 Å². The number of methoxy groups -OCH3 is 1. The minimum absolute atomic E-state index is 0.00119. The number of aliphatic hydroxyl groups excluding tert-OH is 2. The van der Waals surface area contributed by atoms with Gasteiger partial charge in [0.1, 0.15) is 22.7 Å². The number of anilines is 2. The second-order valence-corrected chi connectivity index (χ2v) is 9.94. The molecule has 4 N–H and O–H groups in total. The molecule has 3 aromatic heterocycles. The third kappa shape index (κ3) is 3.47. The minimum atomic E-state index is -0.866. The van der Waals surface area contributed by atoms with Crippen LogP contribution in [0.1, 0.15) is 16.9 Å². The number of likely N-dealkylation sites (tertiary alicyclic amines) is 1. The number of aromatic amines is 1. The lowest BCUT2D eigenvalue weighted by atomic mass is 9.87. The Kier molecular flexibility index (Phi) is 5.12. The van der Waals surface area contributed by atoms with Crippen molar-refractivity contribution in [1.82, 2.24) is 25.1 Å². The number of benzene rings is 1. The number of nitrogens with zero attached hydrogens (tertiary/aromatic N) is 4. The van der Waals surface area contributed by atoms with Crippen LogP contribution < -0.4 is 10.1 Å². The maximum absolute atomic E-state index is 13.0. The molecular formula is C23H24N6O4S. The molecule has 2 aliphatic rings. The first kappa shape index (κ1) is 21.3. The molecule has 11 heteroatoms. The molecule has 4 aromatic rings. The van der Waals surface area contributed by atoms with Gasteiger partial charge in [0.15, 0.2) is 0 Å². The lowest BCUT2D eigenvalue weighted by molar-refractivity contribution is -0.135. The number of amides is 1. The van der Waals surface area contributed by atoms with Crippen molar-refractivity contribution in [3.8, 4) is 5.75 Å². The summed E-state index contributed by atoms with van der Waals surface area (Å²) in [5.41, 5.74) is 2.85. The fraction of sp³-hybridized carbons (Fsp3) is 0.391. The minimum Gasteiger partial charge on any atom is -0.494 e. The van der Waals surface area contributed by atoms with Gasteiger partial charge in [0.05, 0.1) is 42.1 Å². The molecular weight excluding hydrogens is 456 g/mol. The number of carbonyl (C=O) groups is 1. The monoisotopic (exact) mass is 480 g/mol. The van der Waals surface area contributed by atoms with Crippen molar-refractivity contribution >= 4 is 49.9 Å². The van der Waals surface area contributed by atoms with Gasteiger partial charge in [-0.25, -0.2) is 9.97 Å². The number of fused-ring (bicyclic) bond motifs is 4. The van der Waals surface area contributed by atoms with Crippen LogP contribution in [0.3, 0.4) is 0 Å². The van der Waals surface area contributed by atoms with Crippen LogP contribution >= 0.6 is 11.3 Å². The highest BCUT2D eigenvalue weighted by Crippen LogP contribution is 2.42. The second-order valence-electron chi connectivity index (χ2n) is 8.86. The number of H-pyrrole nitrogens is 1. The number of β-amino-alcohol motifs (C(OH)–C–C–N with tert-alkyl or cyclic N) is 2. The fourth-order valence-corrected chi connectivity index (χ4v) is 6.26. The molecule has 0 bridgehead atoms. The second kappa shape index (κ2) is 8.19. The standard InChI is InChI=1S/C23H24N6O4S/c1-33-18-6-14-12(7-26-28-14)4-15(18)27-21-20-13-3-2-11(5-19(13)34-22(20)25-10-24-21)23(32)29-8-16(30)17(31)9-29/h4,6-7,10-11,16-17,30-31H,2-3,5,8-9H2,1H3,(H,26,28)(H,24,25,27)/t11-,16+,17+/m0/s1. The third-order valence-corrected chi connectivity index (χ3v) is 7.94. The van der Waals surface area contributed by atoms with Gasteiger partial charge in [0.25, 0.3) is 0 Å². The zero-order chi connectivity index (χ0) is 23.4. The Hall–Kier alpha value is -3.28. The highest BCUT2D eigenvalue weighted by Gasteiger charge is 2.37. The van der Waals surface area contributed by atoms with Crippen molar-refractivity contribution in [1.29, 1.82) is 0 Å². The van der Waals surface area contributed by atoms with Crippen molar-refractivity contribution < 1.29 is 19.7 Å². The third-order valence-electron chi connectivity index (χ3n) is 6.78. The normalized spacial score (nSPS) is 22.3. The summed E-state index contributed by atoms with van der Waals surface area (Å²) in [6.45, 7) is 0.385. The van der Waals surface area contributed by atoms with E-state index in [0.29, 0.717) is 24.4 Å². The Morgan fingerprint density at radius 3 is 2.88 bits per heavy atom. The number of hydrogen-bond donors (Lipinski definition) is 4. The summed E-state index contributed by atoms with van der Waals surface area (Å²) in [6, 6.07) is 3.87. The van der Waals surface area contributed by atoms with Crippen molar-refractivity contribution in [2.45, 2.75) is 31.5 Å². The van der Waals surface area contributed by atoms with E-state index in [-0.39, 0.29) is 24.9 Å². The zero-order valence-corrected chi connectivity index (χ0v) is 19.3. The van der Waals surface area contributed by atoms with Crippen LogP contribution in [-0.4, -0.2) is 73.6 Å². The van der Waals surface area contributed by atoms with Crippen molar-refractivity contribution in [3.05, 3.63) is 35.1 Å². The number of aliphatic hydroxyl groups is 2. The molecule has 34 heavy (non-hydrogen) atoms. The molecule has 1 amide bonds. The van der Waals surface area contributed by atoms with E-state index in [1.54, 1.807) is 35.9 Å². The number of nitrogens with one attached hydrogen (secondary N) is 2. The number of carbonyl (C=O) groups excluding carboxylic acids is 1. The maximum atomic E-state index is 13.0. The average Bonchev–Trinajstić information content (AvgIpc) is 3.54. The molecule has 0 unspecified atom stereocenters. The fourth-order valence-electron chi connectivity index (χ4n) is 4.99. The van der Waals surface area contributed by atoms with E-state index in [9.17, 15) is 15.0 Å². The first-order valence-electron chi connectivity index (χ1n) is 11.2. The van der Waals surface area contributed by atoms with Gasteiger partial charge in [-0.3, -0.25) is 9.89 Å². The Bertz CT molecular complexity index is 1390. The molecule has 6 rings (SSSR count). The van der Waals surface area contributed by atoms with Crippen LogP contribution in [0, 0.1) is 5.92 Å². The number of ether oxygens (including phenoxy) is 1. The molecule has 0 radical (unpaired) electrons.